The Bertz CT molecular complexity index is 495. The van der Waals surface area contributed by atoms with Gasteiger partial charge >= 0.3 is 0 Å². The van der Waals surface area contributed by atoms with Gasteiger partial charge < -0.3 is 10.5 Å². The predicted molar refractivity (Wildman–Crippen MR) is 78.0 cm³/mol. The van der Waals surface area contributed by atoms with E-state index in [1.807, 2.05) is 13.8 Å². The van der Waals surface area contributed by atoms with Gasteiger partial charge in [-0.05, 0) is 32.6 Å². The second kappa shape index (κ2) is 5.56. The van der Waals surface area contributed by atoms with Gasteiger partial charge in [0.2, 0.25) is 5.78 Å². The molecule has 2 unspecified atom stereocenters. The Labute approximate surface area is 120 Å². The molecule has 5 heteroatoms. The van der Waals surface area contributed by atoms with Crippen molar-refractivity contribution in [3.05, 3.63) is 11.9 Å². The standard InChI is InChI=1S/C15H25N3O2/c1-10(2)18-13(12(20-4)9-17-18)14(19)15(16)7-5-6-11(3)8-15/h9-11H,5-8,16H2,1-4H3. The molecule has 1 aromatic heterocycles. The Hall–Kier alpha value is -1.36. The van der Waals surface area contributed by atoms with Crippen molar-refractivity contribution in [3.63, 3.8) is 0 Å². The number of carbonyl (C=O) groups excluding carboxylic acids is 1. The predicted octanol–water partition coefficient (Wildman–Crippen LogP) is 2.56. The van der Waals surface area contributed by atoms with E-state index in [0.29, 0.717) is 17.4 Å². The van der Waals surface area contributed by atoms with Crippen molar-refractivity contribution in [2.45, 2.75) is 58.0 Å². The SMILES string of the molecule is COc1cnn(C(C)C)c1C(=O)C1(N)CCCC(C)C1. The molecule has 0 radical (unpaired) electrons. The molecule has 2 atom stereocenters. The molecule has 20 heavy (non-hydrogen) atoms. The third-order valence-electron chi connectivity index (χ3n) is 4.17. The van der Waals surface area contributed by atoms with Crippen molar-refractivity contribution in [2.75, 3.05) is 7.11 Å². The molecular weight excluding hydrogens is 254 g/mol. The molecular formula is C15H25N3O2. The molecule has 1 aliphatic carbocycles. The summed E-state index contributed by atoms with van der Waals surface area (Å²) in [6, 6.07) is 0.0995. The van der Waals surface area contributed by atoms with E-state index in [0.717, 1.165) is 25.7 Å². The molecule has 0 aromatic carbocycles. The highest BCUT2D eigenvalue weighted by atomic mass is 16.5. The number of nitrogens with two attached hydrogens (primary N) is 1. The van der Waals surface area contributed by atoms with Gasteiger partial charge in [0, 0.05) is 6.04 Å². The summed E-state index contributed by atoms with van der Waals surface area (Å²) in [6.45, 7) is 6.15. The zero-order chi connectivity index (χ0) is 14.9. The van der Waals surface area contributed by atoms with Crippen LogP contribution in [0.4, 0.5) is 0 Å². The van der Waals surface area contributed by atoms with E-state index in [4.69, 9.17) is 10.5 Å². The van der Waals surface area contributed by atoms with Crippen molar-refractivity contribution in [1.29, 1.82) is 0 Å². The average molecular weight is 279 g/mol. The average Bonchev–Trinajstić information content (AvgIpc) is 2.81. The normalized spacial score (nSPS) is 26.8. The van der Waals surface area contributed by atoms with Crippen LogP contribution in [0.3, 0.4) is 0 Å². The van der Waals surface area contributed by atoms with Crippen LogP contribution in [0, 0.1) is 5.92 Å². The minimum atomic E-state index is -0.780. The molecule has 0 bridgehead atoms. The third-order valence-corrected chi connectivity index (χ3v) is 4.17. The zero-order valence-corrected chi connectivity index (χ0v) is 12.8. The molecule has 5 nitrogen and oxygen atoms in total. The molecule has 1 aromatic rings. The van der Waals surface area contributed by atoms with Crippen molar-refractivity contribution in [1.82, 2.24) is 9.78 Å². The lowest BCUT2D eigenvalue weighted by atomic mass is 9.74. The maximum atomic E-state index is 13.0. The van der Waals surface area contributed by atoms with Gasteiger partial charge in [-0.2, -0.15) is 5.10 Å². The van der Waals surface area contributed by atoms with Crippen molar-refractivity contribution < 1.29 is 9.53 Å². The van der Waals surface area contributed by atoms with Crippen molar-refractivity contribution >= 4 is 5.78 Å². The molecule has 1 heterocycles. The summed E-state index contributed by atoms with van der Waals surface area (Å²) in [5.74, 6) is 0.970. The summed E-state index contributed by atoms with van der Waals surface area (Å²) in [5, 5.41) is 4.27. The van der Waals surface area contributed by atoms with Crippen LogP contribution in [-0.2, 0) is 0 Å². The quantitative estimate of drug-likeness (QED) is 0.860. The fourth-order valence-corrected chi connectivity index (χ4v) is 3.14. The van der Waals surface area contributed by atoms with Crippen LogP contribution in [0.15, 0.2) is 6.20 Å². The maximum absolute atomic E-state index is 13.0. The minimum absolute atomic E-state index is 0.0351. The molecule has 2 rings (SSSR count). The number of hydrogen-bond donors (Lipinski definition) is 1. The lowest BCUT2D eigenvalue weighted by Gasteiger charge is -2.35. The first kappa shape index (κ1) is 15.0. The number of Topliss-reactive ketones (excluding diaryl/α,β-unsaturated/α-hetero) is 1. The number of rotatable bonds is 4. The van der Waals surface area contributed by atoms with E-state index in [-0.39, 0.29) is 11.8 Å². The number of ketones is 1. The zero-order valence-electron chi connectivity index (χ0n) is 12.8. The first-order valence-corrected chi connectivity index (χ1v) is 7.34. The summed E-state index contributed by atoms with van der Waals surface area (Å²) in [4.78, 5) is 13.0. The lowest BCUT2D eigenvalue weighted by Crippen LogP contribution is -2.51. The number of aromatic nitrogens is 2. The van der Waals surface area contributed by atoms with Gasteiger partial charge in [-0.15, -0.1) is 0 Å². The second-order valence-electron chi connectivity index (χ2n) is 6.29. The van der Waals surface area contributed by atoms with Crippen molar-refractivity contribution in [2.24, 2.45) is 11.7 Å². The van der Waals surface area contributed by atoms with Gasteiger partial charge in [-0.3, -0.25) is 9.48 Å². The van der Waals surface area contributed by atoms with Crippen LogP contribution in [-0.4, -0.2) is 28.2 Å². The molecule has 2 N–H and O–H groups in total. The molecule has 0 aliphatic heterocycles. The van der Waals surface area contributed by atoms with Gasteiger partial charge in [0.1, 0.15) is 5.69 Å². The second-order valence-corrected chi connectivity index (χ2v) is 6.29. The van der Waals surface area contributed by atoms with Gasteiger partial charge in [0.15, 0.2) is 5.75 Å². The molecule has 1 saturated carbocycles. The van der Waals surface area contributed by atoms with Gasteiger partial charge in [0.05, 0.1) is 18.8 Å². The lowest BCUT2D eigenvalue weighted by molar-refractivity contribution is 0.0802. The highest BCUT2D eigenvalue weighted by Gasteiger charge is 2.41. The topological polar surface area (TPSA) is 70.1 Å². The maximum Gasteiger partial charge on any atom is 0.204 e. The first-order valence-electron chi connectivity index (χ1n) is 7.34. The fourth-order valence-electron chi connectivity index (χ4n) is 3.14. The molecule has 0 spiro atoms. The highest BCUT2D eigenvalue weighted by Crippen LogP contribution is 2.35. The summed E-state index contributed by atoms with van der Waals surface area (Å²) in [6.07, 6.45) is 5.22. The Balaban J connectivity index is 2.39. The minimum Gasteiger partial charge on any atom is -0.493 e. The number of ether oxygens (including phenoxy) is 1. The van der Waals surface area contributed by atoms with E-state index in [9.17, 15) is 4.79 Å². The molecule has 112 valence electrons. The van der Waals surface area contributed by atoms with Gasteiger partial charge in [0.25, 0.3) is 0 Å². The molecule has 0 amide bonds. The van der Waals surface area contributed by atoms with E-state index >= 15 is 0 Å². The summed E-state index contributed by atoms with van der Waals surface area (Å²) < 4.78 is 7.02. The largest absolute Gasteiger partial charge is 0.493 e. The van der Waals surface area contributed by atoms with Crippen LogP contribution in [0.1, 0.15) is 63.0 Å². The number of methoxy groups -OCH3 is 1. The Kier molecular flexibility index (Phi) is 4.18. The van der Waals surface area contributed by atoms with E-state index in [1.165, 1.54) is 0 Å². The number of nitrogens with zero attached hydrogens (tertiary/aromatic N) is 2. The van der Waals surface area contributed by atoms with Crippen molar-refractivity contribution in [3.8, 4) is 5.75 Å². The third kappa shape index (κ3) is 2.59. The first-order chi connectivity index (χ1) is 9.39. The number of hydrogen-bond acceptors (Lipinski definition) is 4. The molecule has 1 fully saturated rings. The Morgan fingerprint density at radius 3 is 2.85 bits per heavy atom. The summed E-state index contributed by atoms with van der Waals surface area (Å²) >= 11 is 0. The van der Waals surface area contributed by atoms with E-state index in [1.54, 1.807) is 18.0 Å². The highest BCUT2D eigenvalue weighted by molar-refractivity contribution is 6.04. The monoisotopic (exact) mass is 279 g/mol. The Morgan fingerprint density at radius 1 is 1.60 bits per heavy atom. The Morgan fingerprint density at radius 2 is 2.30 bits per heavy atom. The van der Waals surface area contributed by atoms with Crippen LogP contribution in [0.5, 0.6) is 5.75 Å². The summed E-state index contributed by atoms with van der Waals surface area (Å²) in [5.41, 5.74) is 6.16. The van der Waals surface area contributed by atoms with Crippen LogP contribution in [0.25, 0.3) is 0 Å². The fraction of sp³-hybridized carbons (Fsp3) is 0.733. The van der Waals surface area contributed by atoms with Gasteiger partial charge in [-0.1, -0.05) is 19.8 Å². The van der Waals surface area contributed by atoms with Gasteiger partial charge in [-0.25, -0.2) is 0 Å². The van der Waals surface area contributed by atoms with E-state index < -0.39 is 5.54 Å². The van der Waals surface area contributed by atoms with Crippen LogP contribution in [0.2, 0.25) is 0 Å². The van der Waals surface area contributed by atoms with E-state index in [2.05, 4.69) is 12.0 Å². The van der Waals surface area contributed by atoms with Crippen LogP contribution >= 0.6 is 0 Å². The number of carbonyl (C=O) groups is 1. The smallest absolute Gasteiger partial charge is 0.204 e. The molecule has 1 aliphatic rings. The summed E-state index contributed by atoms with van der Waals surface area (Å²) in [7, 11) is 1.56. The van der Waals surface area contributed by atoms with Crippen LogP contribution < -0.4 is 10.5 Å². The molecule has 0 saturated heterocycles.